The Balaban J connectivity index is 2.12. The van der Waals surface area contributed by atoms with Crippen LogP contribution in [0, 0.1) is 6.92 Å². The van der Waals surface area contributed by atoms with E-state index in [4.69, 9.17) is 0 Å². The molecular weight excluding hydrogens is 294 g/mol. The van der Waals surface area contributed by atoms with Crippen LogP contribution in [0.5, 0.6) is 0 Å². The van der Waals surface area contributed by atoms with Gasteiger partial charge < -0.3 is 15.1 Å². The average Bonchev–Trinajstić information content (AvgIpc) is 2.54. The summed E-state index contributed by atoms with van der Waals surface area (Å²) in [7, 11) is 0. The van der Waals surface area contributed by atoms with E-state index < -0.39 is 0 Å². The van der Waals surface area contributed by atoms with E-state index in [0.29, 0.717) is 37.7 Å². The lowest BCUT2D eigenvalue weighted by atomic mass is 10.2. The third kappa shape index (κ3) is 4.40. The maximum absolute atomic E-state index is 12.3. The smallest absolute Gasteiger partial charge is 0.270 e. The zero-order valence-electron chi connectivity index (χ0n) is 14.3. The first-order chi connectivity index (χ1) is 10.9. The SMILES string of the molecule is CCC(C)NC(=O)c1cc(N2CCN(C(C)=O)CC2)nc(C)n1. The average molecular weight is 319 g/mol. The van der Waals surface area contributed by atoms with E-state index in [1.807, 2.05) is 18.7 Å². The molecule has 0 spiro atoms. The van der Waals surface area contributed by atoms with Crippen LogP contribution in [0.4, 0.5) is 5.82 Å². The molecule has 7 nitrogen and oxygen atoms in total. The molecule has 1 aliphatic heterocycles. The maximum atomic E-state index is 12.3. The second kappa shape index (κ2) is 7.39. The Bertz CT molecular complexity index is 582. The van der Waals surface area contributed by atoms with Crippen molar-refractivity contribution in [1.82, 2.24) is 20.2 Å². The van der Waals surface area contributed by atoms with E-state index in [1.165, 1.54) is 0 Å². The molecule has 126 valence electrons. The Morgan fingerprint density at radius 1 is 1.26 bits per heavy atom. The number of amides is 2. The molecule has 7 heteroatoms. The van der Waals surface area contributed by atoms with Crippen molar-refractivity contribution in [1.29, 1.82) is 0 Å². The molecule has 2 amide bonds. The fourth-order valence-electron chi connectivity index (χ4n) is 2.48. The molecule has 1 aromatic heterocycles. The van der Waals surface area contributed by atoms with Gasteiger partial charge in [0.2, 0.25) is 5.91 Å². The summed E-state index contributed by atoms with van der Waals surface area (Å²) in [5.41, 5.74) is 0.391. The van der Waals surface area contributed by atoms with E-state index in [0.717, 1.165) is 12.2 Å². The molecule has 2 rings (SSSR count). The maximum Gasteiger partial charge on any atom is 0.270 e. The summed E-state index contributed by atoms with van der Waals surface area (Å²) in [5, 5.41) is 2.92. The minimum Gasteiger partial charge on any atom is -0.353 e. The molecule has 1 fully saturated rings. The number of rotatable bonds is 4. The Morgan fingerprint density at radius 2 is 1.91 bits per heavy atom. The summed E-state index contributed by atoms with van der Waals surface area (Å²) in [5.74, 6) is 1.24. The van der Waals surface area contributed by atoms with Crippen LogP contribution in [-0.2, 0) is 4.79 Å². The highest BCUT2D eigenvalue weighted by atomic mass is 16.2. The molecule has 2 heterocycles. The molecule has 1 atom stereocenters. The second-order valence-electron chi connectivity index (χ2n) is 5.93. The third-order valence-corrected chi connectivity index (χ3v) is 4.10. The largest absolute Gasteiger partial charge is 0.353 e. The normalized spacial score (nSPS) is 16.2. The van der Waals surface area contributed by atoms with E-state index in [1.54, 1.807) is 19.9 Å². The zero-order valence-corrected chi connectivity index (χ0v) is 14.3. The minimum atomic E-state index is -0.173. The van der Waals surface area contributed by atoms with E-state index in [2.05, 4.69) is 20.2 Å². The van der Waals surface area contributed by atoms with Crippen molar-refractivity contribution in [2.75, 3.05) is 31.1 Å². The number of aryl methyl sites for hydroxylation is 1. The number of nitrogens with zero attached hydrogens (tertiary/aromatic N) is 4. The highest BCUT2D eigenvalue weighted by molar-refractivity contribution is 5.93. The highest BCUT2D eigenvalue weighted by Crippen LogP contribution is 2.15. The first-order valence-corrected chi connectivity index (χ1v) is 8.07. The van der Waals surface area contributed by atoms with Gasteiger partial charge in [-0.2, -0.15) is 0 Å². The standard InChI is InChI=1S/C16H25N5O2/c1-5-11(2)17-16(23)14-10-15(19-12(3)18-14)21-8-6-20(7-9-21)13(4)22/h10-11H,5-9H2,1-4H3,(H,17,23). The molecule has 1 unspecified atom stereocenters. The Hall–Kier alpha value is -2.18. The van der Waals surface area contributed by atoms with Crippen LogP contribution in [0.3, 0.4) is 0 Å². The number of hydrogen-bond acceptors (Lipinski definition) is 5. The zero-order chi connectivity index (χ0) is 17.0. The fraction of sp³-hybridized carbons (Fsp3) is 0.625. The van der Waals surface area contributed by atoms with Gasteiger partial charge in [0.1, 0.15) is 17.3 Å². The number of carbonyl (C=O) groups excluding carboxylic acids is 2. The second-order valence-corrected chi connectivity index (χ2v) is 5.93. The number of aromatic nitrogens is 2. The van der Waals surface area contributed by atoms with Gasteiger partial charge in [0.15, 0.2) is 0 Å². The molecule has 1 saturated heterocycles. The van der Waals surface area contributed by atoms with Gasteiger partial charge in [-0.1, -0.05) is 6.92 Å². The number of nitrogens with one attached hydrogen (secondary N) is 1. The lowest BCUT2D eigenvalue weighted by Crippen LogP contribution is -2.48. The highest BCUT2D eigenvalue weighted by Gasteiger charge is 2.21. The van der Waals surface area contributed by atoms with E-state index in [9.17, 15) is 9.59 Å². The van der Waals surface area contributed by atoms with Crippen LogP contribution in [0.25, 0.3) is 0 Å². The van der Waals surface area contributed by atoms with Crippen molar-refractivity contribution in [3.63, 3.8) is 0 Å². The van der Waals surface area contributed by atoms with Crippen molar-refractivity contribution in [3.05, 3.63) is 17.6 Å². The minimum absolute atomic E-state index is 0.0946. The van der Waals surface area contributed by atoms with Gasteiger partial charge in [-0.15, -0.1) is 0 Å². The van der Waals surface area contributed by atoms with Crippen molar-refractivity contribution >= 4 is 17.6 Å². The van der Waals surface area contributed by atoms with E-state index >= 15 is 0 Å². The Labute approximate surface area is 137 Å². The summed E-state index contributed by atoms with van der Waals surface area (Å²) < 4.78 is 0. The first kappa shape index (κ1) is 17.2. The van der Waals surface area contributed by atoms with Crippen molar-refractivity contribution in [2.24, 2.45) is 0 Å². The Kier molecular flexibility index (Phi) is 5.52. The summed E-state index contributed by atoms with van der Waals surface area (Å²) in [6.45, 7) is 10.1. The summed E-state index contributed by atoms with van der Waals surface area (Å²) in [6.07, 6.45) is 0.871. The third-order valence-electron chi connectivity index (χ3n) is 4.10. The topological polar surface area (TPSA) is 78.4 Å². The van der Waals surface area contributed by atoms with Crippen molar-refractivity contribution in [2.45, 2.75) is 40.2 Å². The van der Waals surface area contributed by atoms with Gasteiger partial charge in [0.25, 0.3) is 5.91 Å². The molecule has 0 aliphatic carbocycles. The lowest BCUT2D eigenvalue weighted by molar-refractivity contribution is -0.129. The molecule has 0 saturated carbocycles. The van der Waals surface area contributed by atoms with Crippen molar-refractivity contribution < 1.29 is 9.59 Å². The lowest BCUT2D eigenvalue weighted by Gasteiger charge is -2.35. The van der Waals surface area contributed by atoms with Crippen LogP contribution >= 0.6 is 0 Å². The van der Waals surface area contributed by atoms with Gasteiger partial charge >= 0.3 is 0 Å². The summed E-state index contributed by atoms with van der Waals surface area (Å²) >= 11 is 0. The predicted molar refractivity (Wildman–Crippen MR) is 88.5 cm³/mol. The number of piperazine rings is 1. The van der Waals surface area contributed by atoms with Gasteiger partial charge in [-0.3, -0.25) is 9.59 Å². The molecule has 1 aliphatic rings. The molecule has 0 aromatic carbocycles. The summed E-state index contributed by atoms with van der Waals surface area (Å²) in [6, 6.07) is 1.84. The summed E-state index contributed by atoms with van der Waals surface area (Å²) in [4.78, 5) is 36.3. The number of hydrogen-bond donors (Lipinski definition) is 1. The molecule has 1 N–H and O–H groups in total. The van der Waals surface area contributed by atoms with E-state index in [-0.39, 0.29) is 17.9 Å². The number of anilines is 1. The van der Waals surface area contributed by atoms with Gasteiger partial charge in [-0.05, 0) is 20.3 Å². The monoisotopic (exact) mass is 319 g/mol. The van der Waals surface area contributed by atoms with Crippen LogP contribution in [0.15, 0.2) is 6.07 Å². The molecule has 23 heavy (non-hydrogen) atoms. The predicted octanol–water partition coefficient (Wildman–Crippen LogP) is 0.982. The quantitative estimate of drug-likeness (QED) is 0.895. The van der Waals surface area contributed by atoms with Gasteiger partial charge in [0.05, 0.1) is 0 Å². The molecule has 1 aromatic rings. The van der Waals surface area contributed by atoms with Crippen molar-refractivity contribution in [3.8, 4) is 0 Å². The molecule has 0 bridgehead atoms. The van der Waals surface area contributed by atoms with Crippen LogP contribution in [0.2, 0.25) is 0 Å². The van der Waals surface area contributed by atoms with Crippen LogP contribution in [0.1, 0.15) is 43.5 Å². The van der Waals surface area contributed by atoms with Gasteiger partial charge in [-0.25, -0.2) is 9.97 Å². The Morgan fingerprint density at radius 3 is 2.48 bits per heavy atom. The number of carbonyl (C=O) groups is 2. The van der Waals surface area contributed by atoms with Crippen LogP contribution in [-0.4, -0.2) is 58.9 Å². The fourth-order valence-corrected chi connectivity index (χ4v) is 2.48. The first-order valence-electron chi connectivity index (χ1n) is 8.07. The molecule has 0 radical (unpaired) electrons. The van der Waals surface area contributed by atoms with Crippen LogP contribution < -0.4 is 10.2 Å². The molecular formula is C16H25N5O2. The van der Waals surface area contributed by atoms with Gasteiger partial charge in [0, 0.05) is 45.2 Å².